The van der Waals surface area contributed by atoms with Gasteiger partial charge in [0, 0.05) is 17.0 Å². The lowest BCUT2D eigenvalue weighted by Gasteiger charge is -2.07. The molecular formula is C9H15N3OS. The molecule has 0 aromatic carbocycles. The van der Waals surface area contributed by atoms with Crippen LogP contribution >= 0.6 is 11.8 Å². The Bertz CT molecular complexity index is 286. The van der Waals surface area contributed by atoms with Crippen LogP contribution in [0.2, 0.25) is 0 Å². The van der Waals surface area contributed by atoms with Gasteiger partial charge in [-0.15, -0.1) is 11.8 Å². The molecule has 0 aliphatic rings. The molecule has 3 N–H and O–H groups in total. The smallest absolute Gasteiger partial charge is 0.140 e. The molecule has 78 valence electrons. The maximum atomic E-state index is 8.84. The Hall–Kier alpha value is -0.810. The van der Waals surface area contributed by atoms with Gasteiger partial charge in [0.1, 0.15) is 11.6 Å². The van der Waals surface area contributed by atoms with Crippen molar-refractivity contribution in [1.82, 2.24) is 9.97 Å². The van der Waals surface area contributed by atoms with E-state index in [4.69, 9.17) is 10.8 Å². The number of aliphatic hydroxyl groups is 1. The highest BCUT2D eigenvalue weighted by atomic mass is 32.2. The van der Waals surface area contributed by atoms with Gasteiger partial charge in [-0.05, 0) is 6.92 Å². The summed E-state index contributed by atoms with van der Waals surface area (Å²) in [6.45, 7) is 4.03. The first-order valence-corrected chi connectivity index (χ1v) is 5.49. The number of thioether (sulfide) groups is 1. The first-order valence-electron chi connectivity index (χ1n) is 4.44. The average molecular weight is 213 g/mol. The van der Waals surface area contributed by atoms with E-state index in [-0.39, 0.29) is 11.9 Å². The molecule has 0 aliphatic carbocycles. The van der Waals surface area contributed by atoms with Gasteiger partial charge in [-0.1, -0.05) is 6.92 Å². The van der Waals surface area contributed by atoms with Crippen molar-refractivity contribution in [3.05, 3.63) is 17.6 Å². The highest BCUT2D eigenvalue weighted by Crippen LogP contribution is 2.15. The summed E-state index contributed by atoms with van der Waals surface area (Å²) in [5, 5.41) is 9.04. The van der Waals surface area contributed by atoms with Crippen LogP contribution in [0.3, 0.4) is 0 Å². The SMILES string of the molecule is Cc1cc(N)nc(CSC(C)CO)n1. The van der Waals surface area contributed by atoms with Crippen LogP contribution in [0.4, 0.5) is 5.82 Å². The zero-order chi connectivity index (χ0) is 10.6. The number of nitrogens with two attached hydrogens (primary N) is 1. The lowest BCUT2D eigenvalue weighted by molar-refractivity contribution is 0.300. The predicted octanol–water partition coefficient (Wildman–Crippen LogP) is 0.981. The molecule has 0 spiro atoms. The number of anilines is 1. The van der Waals surface area contributed by atoms with E-state index in [2.05, 4.69) is 9.97 Å². The molecular weight excluding hydrogens is 198 g/mol. The van der Waals surface area contributed by atoms with Crippen molar-refractivity contribution in [3.63, 3.8) is 0 Å². The van der Waals surface area contributed by atoms with Crippen LogP contribution in [0.1, 0.15) is 18.4 Å². The van der Waals surface area contributed by atoms with Gasteiger partial charge in [0.2, 0.25) is 0 Å². The van der Waals surface area contributed by atoms with Gasteiger partial charge < -0.3 is 10.8 Å². The molecule has 0 radical (unpaired) electrons. The number of nitrogens with zero attached hydrogens (tertiary/aromatic N) is 2. The molecule has 1 rings (SSSR count). The first-order chi connectivity index (χ1) is 6.61. The van der Waals surface area contributed by atoms with Crippen molar-refractivity contribution in [2.24, 2.45) is 0 Å². The Morgan fingerprint density at radius 3 is 2.86 bits per heavy atom. The fourth-order valence-corrected chi connectivity index (χ4v) is 1.66. The van der Waals surface area contributed by atoms with E-state index in [1.54, 1.807) is 17.8 Å². The minimum absolute atomic E-state index is 0.173. The fraction of sp³-hybridized carbons (Fsp3) is 0.556. The van der Waals surface area contributed by atoms with Gasteiger partial charge in [-0.25, -0.2) is 9.97 Å². The molecule has 5 heteroatoms. The molecule has 4 nitrogen and oxygen atoms in total. The van der Waals surface area contributed by atoms with E-state index in [9.17, 15) is 0 Å². The Morgan fingerprint density at radius 2 is 2.29 bits per heavy atom. The number of aryl methyl sites for hydroxylation is 1. The normalized spacial score (nSPS) is 12.8. The van der Waals surface area contributed by atoms with E-state index in [1.807, 2.05) is 13.8 Å². The van der Waals surface area contributed by atoms with Gasteiger partial charge in [-0.2, -0.15) is 0 Å². The number of hydrogen-bond donors (Lipinski definition) is 2. The number of aliphatic hydroxyl groups excluding tert-OH is 1. The van der Waals surface area contributed by atoms with Crippen LogP contribution < -0.4 is 5.73 Å². The van der Waals surface area contributed by atoms with Crippen molar-refractivity contribution >= 4 is 17.6 Å². The summed E-state index contributed by atoms with van der Waals surface area (Å²) in [6, 6.07) is 1.74. The molecule has 0 saturated carbocycles. The molecule has 0 fully saturated rings. The topological polar surface area (TPSA) is 72.0 Å². The van der Waals surface area contributed by atoms with Gasteiger partial charge in [0.15, 0.2) is 0 Å². The van der Waals surface area contributed by atoms with Gasteiger partial charge in [0.05, 0.1) is 12.4 Å². The van der Waals surface area contributed by atoms with Crippen LogP contribution in [-0.2, 0) is 5.75 Å². The predicted molar refractivity (Wildman–Crippen MR) is 59.0 cm³/mol. The van der Waals surface area contributed by atoms with Crippen LogP contribution in [0.15, 0.2) is 6.07 Å². The maximum Gasteiger partial charge on any atom is 0.140 e. The Kier molecular flexibility index (Phi) is 4.16. The molecule has 1 aromatic rings. The van der Waals surface area contributed by atoms with E-state index >= 15 is 0 Å². The first kappa shape index (κ1) is 11.3. The van der Waals surface area contributed by atoms with Crippen molar-refractivity contribution < 1.29 is 5.11 Å². The third-order valence-electron chi connectivity index (χ3n) is 1.67. The monoisotopic (exact) mass is 213 g/mol. The largest absolute Gasteiger partial charge is 0.395 e. The quantitative estimate of drug-likeness (QED) is 0.780. The molecule has 0 aliphatic heterocycles. The summed E-state index contributed by atoms with van der Waals surface area (Å²) in [6.07, 6.45) is 0. The van der Waals surface area contributed by atoms with Crippen LogP contribution in [-0.4, -0.2) is 26.9 Å². The average Bonchev–Trinajstić information content (AvgIpc) is 2.12. The van der Waals surface area contributed by atoms with Crippen molar-refractivity contribution in [3.8, 4) is 0 Å². The fourth-order valence-electron chi connectivity index (χ4n) is 0.990. The second-order valence-electron chi connectivity index (χ2n) is 3.15. The second kappa shape index (κ2) is 5.17. The number of hydrogen-bond acceptors (Lipinski definition) is 5. The van der Waals surface area contributed by atoms with Crippen molar-refractivity contribution in [2.45, 2.75) is 24.9 Å². The third-order valence-corrected chi connectivity index (χ3v) is 2.82. The summed E-state index contributed by atoms with van der Waals surface area (Å²) >= 11 is 1.62. The van der Waals surface area contributed by atoms with Gasteiger partial charge in [-0.3, -0.25) is 0 Å². The molecule has 1 heterocycles. The van der Waals surface area contributed by atoms with Crippen LogP contribution in [0.5, 0.6) is 0 Å². The summed E-state index contributed by atoms with van der Waals surface area (Å²) in [7, 11) is 0. The summed E-state index contributed by atoms with van der Waals surface area (Å²) in [5.74, 6) is 1.92. The van der Waals surface area contributed by atoms with Gasteiger partial charge in [0.25, 0.3) is 0 Å². The minimum atomic E-state index is 0.173. The number of aromatic nitrogens is 2. The summed E-state index contributed by atoms with van der Waals surface area (Å²) in [5.41, 5.74) is 6.47. The number of rotatable bonds is 4. The second-order valence-corrected chi connectivity index (χ2v) is 4.58. The minimum Gasteiger partial charge on any atom is -0.395 e. The molecule has 0 bridgehead atoms. The molecule has 14 heavy (non-hydrogen) atoms. The van der Waals surface area contributed by atoms with Crippen molar-refractivity contribution in [1.29, 1.82) is 0 Å². The number of nitrogen functional groups attached to an aromatic ring is 1. The Balaban J connectivity index is 2.58. The zero-order valence-corrected chi connectivity index (χ0v) is 9.21. The summed E-state index contributed by atoms with van der Waals surface area (Å²) in [4.78, 5) is 8.35. The highest BCUT2D eigenvalue weighted by molar-refractivity contribution is 7.99. The Morgan fingerprint density at radius 1 is 1.57 bits per heavy atom. The van der Waals surface area contributed by atoms with E-state index in [0.717, 1.165) is 11.5 Å². The van der Waals surface area contributed by atoms with Gasteiger partial charge >= 0.3 is 0 Å². The maximum absolute atomic E-state index is 8.84. The molecule has 1 unspecified atom stereocenters. The zero-order valence-electron chi connectivity index (χ0n) is 8.40. The standard InChI is InChI=1S/C9H15N3OS/c1-6-3-8(10)12-9(11-6)5-14-7(2)4-13/h3,7,13H,4-5H2,1-2H3,(H2,10,11,12). The molecule has 0 amide bonds. The lowest BCUT2D eigenvalue weighted by atomic mass is 10.4. The van der Waals surface area contributed by atoms with Crippen LogP contribution in [0.25, 0.3) is 0 Å². The van der Waals surface area contributed by atoms with Crippen LogP contribution in [0, 0.1) is 6.92 Å². The van der Waals surface area contributed by atoms with E-state index < -0.39 is 0 Å². The molecule has 0 saturated heterocycles. The third kappa shape index (κ3) is 3.51. The summed E-state index contributed by atoms with van der Waals surface area (Å²) < 4.78 is 0. The van der Waals surface area contributed by atoms with E-state index in [1.165, 1.54) is 0 Å². The lowest BCUT2D eigenvalue weighted by Crippen LogP contribution is -2.05. The molecule has 1 atom stereocenters. The molecule has 1 aromatic heterocycles. The van der Waals surface area contributed by atoms with E-state index in [0.29, 0.717) is 11.6 Å². The van der Waals surface area contributed by atoms with Crippen molar-refractivity contribution in [2.75, 3.05) is 12.3 Å². The highest BCUT2D eigenvalue weighted by Gasteiger charge is 2.04. The Labute approximate surface area is 88.0 Å².